The van der Waals surface area contributed by atoms with E-state index < -0.39 is 0 Å². The maximum Gasteiger partial charge on any atom is 0.336 e. The first-order chi connectivity index (χ1) is 15.0. The molecule has 1 fully saturated rings. The van der Waals surface area contributed by atoms with E-state index in [1.54, 1.807) is 13.2 Å². The summed E-state index contributed by atoms with van der Waals surface area (Å²) in [7, 11) is 1.70. The average molecular weight is 421 g/mol. The Bertz CT molecular complexity index is 1080. The predicted octanol–water partition coefficient (Wildman–Crippen LogP) is 4.74. The van der Waals surface area contributed by atoms with Crippen molar-refractivity contribution in [2.45, 2.75) is 45.7 Å². The molecule has 1 saturated heterocycles. The number of nitrogens with one attached hydrogen (secondary N) is 1. The first-order valence-corrected chi connectivity index (χ1v) is 11.2. The van der Waals surface area contributed by atoms with Crippen molar-refractivity contribution in [1.29, 1.82) is 0 Å². The number of aryl methyl sites for hydroxylation is 2. The van der Waals surface area contributed by atoms with Gasteiger partial charge in [0.25, 0.3) is 0 Å². The van der Waals surface area contributed by atoms with Crippen LogP contribution in [-0.4, -0.2) is 31.6 Å². The Hall–Kier alpha value is -2.63. The van der Waals surface area contributed by atoms with Crippen molar-refractivity contribution in [1.82, 2.24) is 10.2 Å². The van der Waals surface area contributed by atoms with Crippen LogP contribution in [0.5, 0.6) is 5.75 Å². The highest BCUT2D eigenvalue weighted by Crippen LogP contribution is 2.26. The van der Waals surface area contributed by atoms with Gasteiger partial charge in [-0.1, -0.05) is 18.6 Å². The van der Waals surface area contributed by atoms with Gasteiger partial charge in [-0.15, -0.1) is 0 Å². The van der Waals surface area contributed by atoms with Gasteiger partial charge in [0, 0.05) is 30.6 Å². The second kappa shape index (κ2) is 9.67. The number of nitrogens with zero attached hydrogens (tertiary/aromatic N) is 1. The zero-order valence-electron chi connectivity index (χ0n) is 18.7. The Morgan fingerprint density at radius 2 is 1.74 bits per heavy atom. The van der Waals surface area contributed by atoms with Crippen LogP contribution in [-0.2, 0) is 6.54 Å². The van der Waals surface area contributed by atoms with Crippen LogP contribution < -0.4 is 15.7 Å². The van der Waals surface area contributed by atoms with E-state index in [2.05, 4.69) is 35.3 Å². The third kappa shape index (κ3) is 5.00. The molecular formula is C26H32N2O3. The van der Waals surface area contributed by atoms with Crippen LogP contribution in [0.15, 0.2) is 51.7 Å². The molecule has 2 heterocycles. The Morgan fingerprint density at radius 1 is 1.03 bits per heavy atom. The van der Waals surface area contributed by atoms with E-state index in [0.29, 0.717) is 18.2 Å². The quantitative estimate of drug-likeness (QED) is 0.560. The van der Waals surface area contributed by atoms with Crippen LogP contribution in [0.2, 0.25) is 0 Å². The summed E-state index contributed by atoms with van der Waals surface area (Å²) >= 11 is 0. The smallest absolute Gasteiger partial charge is 0.336 e. The van der Waals surface area contributed by atoms with Gasteiger partial charge in [-0.25, -0.2) is 4.79 Å². The van der Waals surface area contributed by atoms with Gasteiger partial charge in [-0.3, -0.25) is 4.90 Å². The second-order valence-corrected chi connectivity index (χ2v) is 8.54. The Balaban J connectivity index is 1.54. The molecule has 0 bridgehead atoms. The Labute approximate surface area is 184 Å². The summed E-state index contributed by atoms with van der Waals surface area (Å²) in [4.78, 5) is 14.7. The number of likely N-dealkylation sites (tertiary alicyclic amines) is 1. The summed E-state index contributed by atoms with van der Waals surface area (Å²) in [5, 5.41) is 4.63. The topological polar surface area (TPSA) is 54.7 Å². The predicted molar refractivity (Wildman–Crippen MR) is 125 cm³/mol. The Kier molecular flexibility index (Phi) is 6.73. The normalized spacial score (nSPS) is 15.8. The fourth-order valence-electron chi connectivity index (χ4n) is 4.49. The molecule has 2 aromatic carbocycles. The van der Waals surface area contributed by atoms with Crippen LogP contribution in [0.4, 0.5) is 0 Å². The van der Waals surface area contributed by atoms with Gasteiger partial charge in [0.1, 0.15) is 11.3 Å². The Morgan fingerprint density at radius 3 is 2.45 bits per heavy atom. The number of ether oxygens (including phenoxy) is 1. The third-order valence-electron chi connectivity index (χ3n) is 6.43. The molecule has 0 radical (unpaired) electrons. The largest absolute Gasteiger partial charge is 0.497 e. The summed E-state index contributed by atoms with van der Waals surface area (Å²) in [6.45, 7) is 7.82. The molecule has 1 aliphatic heterocycles. The summed E-state index contributed by atoms with van der Waals surface area (Å²) in [6, 6.07) is 14.4. The van der Waals surface area contributed by atoms with E-state index >= 15 is 0 Å². The molecule has 0 aliphatic carbocycles. The highest BCUT2D eigenvalue weighted by Gasteiger charge is 2.22. The number of methoxy groups -OCH3 is 1. The van der Waals surface area contributed by atoms with E-state index in [0.717, 1.165) is 41.9 Å². The maximum atomic E-state index is 12.1. The van der Waals surface area contributed by atoms with E-state index in [9.17, 15) is 4.79 Å². The number of rotatable bonds is 7. The van der Waals surface area contributed by atoms with Crippen molar-refractivity contribution < 1.29 is 9.15 Å². The number of piperidine rings is 1. The number of hydrogen-bond acceptors (Lipinski definition) is 5. The third-order valence-corrected chi connectivity index (χ3v) is 6.43. The molecule has 1 atom stereocenters. The first-order valence-electron chi connectivity index (χ1n) is 11.2. The second-order valence-electron chi connectivity index (χ2n) is 8.54. The molecule has 5 heteroatoms. The fraction of sp³-hybridized carbons (Fsp3) is 0.423. The standard InChI is InChI=1S/C26H32N2O3/c1-18-13-23-21(15-26(29)31-25(23)14-19(18)2)16-27-17-24(28-11-5-4-6-12-28)20-7-9-22(30-3)10-8-20/h7-10,13-15,24,27H,4-6,11-12,16-17H2,1-3H3/t24-/m0/s1. The lowest BCUT2D eigenvalue weighted by Gasteiger charge is -2.35. The minimum atomic E-state index is -0.296. The van der Waals surface area contributed by atoms with Gasteiger partial charge in [0.05, 0.1) is 7.11 Å². The van der Waals surface area contributed by atoms with E-state index in [4.69, 9.17) is 9.15 Å². The molecule has 4 rings (SSSR count). The van der Waals surface area contributed by atoms with Crippen molar-refractivity contribution in [3.8, 4) is 5.75 Å². The van der Waals surface area contributed by atoms with Gasteiger partial charge in [-0.05, 0) is 86.3 Å². The summed E-state index contributed by atoms with van der Waals surface area (Å²) in [6.07, 6.45) is 3.80. The van der Waals surface area contributed by atoms with Crippen molar-refractivity contribution in [3.63, 3.8) is 0 Å². The minimum absolute atomic E-state index is 0.293. The summed E-state index contributed by atoms with van der Waals surface area (Å²) < 4.78 is 10.8. The van der Waals surface area contributed by atoms with Crippen LogP contribution in [0.25, 0.3) is 11.0 Å². The molecular weight excluding hydrogens is 388 g/mol. The van der Waals surface area contributed by atoms with Crippen molar-refractivity contribution in [3.05, 3.63) is 75.1 Å². The van der Waals surface area contributed by atoms with E-state index in [-0.39, 0.29) is 5.63 Å². The summed E-state index contributed by atoms with van der Waals surface area (Å²) in [5.41, 5.74) is 4.98. The SMILES string of the molecule is COc1ccc([C@H](CNCc2cc(=O)oc3cc(C)c(C)cc23)N2CCCCC2)cc1. The first kappa shape index (κ1) is 21.6. The molecule has 0 saturated carbocycles. The average Bonchev–Trinajstić information content (AvgIpc) is 2.78. The molecule has 3 aromatic rings. The lowest BCUT2D eigenvalue weighted by atomic mass is 10.0. The van der Waals surface area contributed by atoms with Gasteiger partial charge in [0.2, 0.25) is 0 Å². The number of hydrogen-bond donors (Lipinski definition) is 1. The molecule has 1 aromatic heterocycles. The van der Waals surface area contributed by atoms with Crippen LogP contribution in [0.3, 0.4) is 0 Å². The molecule has 0 spiro atoms. The van der Waals surface area contributed by atoms with Gasteiger partial charge in [0.15, 0.2) is 0 Å². The molecule has 0 unspecified atom stereocenters. The highest BCUT2D eigenvalue weighted by atomic mass is 16.5. The zero-order valence-corrected chi connectivity index (χ0v) is 18.7. The van der Waals surface area contributed by atoms with E-state index in [1.165, 1.54) is 30.4 Å². The number of fused-ring (bicyclic) bond motifs is 1. The highest BCUT2D eigenvalue weighted by molar-refractivity contribution is 5.81. The van der Waals surface area contributed by atoms with Gasteiger partial charge in [-0.2, -0.15) is 0 Å². The monoisotopic (exact) mass is 420 g/mol. The van der Waals surface area contributed by atoms with Crippen LogP contribution in [0, 0.1) is 13.8 Å². The van der Waals surface area contributed by atoms with E-state index in [1.807, 2.05) is 25.1 Å². The van der Waals surface area contributed by atoms with Gasteiger partial charge < -0.3 is 14.5 Å². The minimum Gasteiger partial charge on any atom is -0.497 e. The zero-order chi connectivity index (χ0) is 21.8. The van der Waals surface area contributed by atoms with Crippen LogP contribution in [0.1, 0.15) is 47.6 Å². The number of benzene rings is 2. The van der Waals surface area contributed by atoms with Crippen LogP contribution >= 0.6 is 0 Å². The lowest BCUT2D eigenvalue weighted by Crippen LogP contribution is -2.39. The molecule has 5 nitrogen and oxygen atoms in total. The molecule has 1 N–H and O–H groups in total. The van der Waals surface area contributed by atoms with Crippen molar-refractivity contribution in [2.24, 2.45) is 0 Å². The summed E-state index contributed by atoms with van der Waals surface area (Å²) in [5.74, 6) is 0.877. The van der Waals surface area contributed by atoms with Gasteiger partial charge >= 0.3 is 5.63 Å². The van der Waals surface area contributed by atoms with Crippen molar-refractivity contribution in [2.75, 3.05) is 26.7 Å². The maximum absolute atomic E-state index is 12.1. The molecule has 1 aliphatic rings. The fourth-order valence-corrected chi connectivity index (χ4v) is 4.49. The molecule has 164 valence electrons. The van der Waals surface area contributed by atoms with Crippen molar-refractivity contribution >= 4 is 11.0 Å². The molecule has 0 amide bonds. The molecule has 31 heavy (non-hydrogen) atoms. The lowest BCUT2D eigenvalue weighted by molar-refractivity contribution is 0.160.